The fourth-order valence-electron chi connectivity index (χ4n) is 8.50. The van der Waals surface area contributed by atoms with Gasteiger partial charge in [0.2, 0.25) is 0 Å². The van der Waals surface area contributed by atoms with Crippen molar-refractivity contribution in [1.29, 1.82) is 0 Å². The third-order valence-electron chi connectivity index (χ3n) is 11.3. The first kappa shape index (κ1) is 31.5. The number of fused-ring (bicyclic) bond motifs is 9. The van der Waals surface area contributed by atoms with Crippen LogP contribution in [-0.4, -0.2) is 9.97 Å². The zero-order valence-electron chi connectivity index (χ0n) is 30.4. The molecule has 0 N–H and O–H groups in total. The number of benzene rings is 8. The molecule has 0 amide bonds. The largest absolute Gasteiger partial charge is 0.449 e. The molecule has 55 heavy (non-hydrogen) atoms. The summed E-state index contributed by atoms with van der Waals surface area (Å²) in [7, 11) is 0. The van der Waals surface area contributed by atoms with Crippen LogP contribution in [0.15, 0.2) is 170 Å². The van der Waals surface area contributed by atoms with Crippen molar-refractivity contribution in [2.75, 3.05) is 0 Å². The molecule has 0 radical (unpaired) electrons. The van der Waals surface area contributed by atoms with Crippen LogP contribution in [0, 0.1) is 0 Å². The summed E-state index contributed by atoms with van der Waals surface area (Å²) in [5.41, 5.74) is 11.6. The van der Waals surface area contributed by atoms with Crippen molar-refractivity contribution in [3.8, 4) is 79.2 Å². The van der Waals surface area contributed by atoms with E-state index < -0.39 is 0 Å². The normalized spacial score (nSPS) is 13.3. The first-order valence-corrected chi connectivity index (χ1v) is 18.7. The first-order valence-electron chi connectivity index (χ1n) is 18.7. The van der Waals surface area contributed by atoms with E-state index >= 15 is 0 Å². The number of nitrogens with zero attached hydrogens (tertiary/aromatic N) is 2. The average Bonchev–Trinajstić information content (AvgIpc) is 3.48. The number of hydrogen-bond donors (Lipinski definition) is 0. The van der Waals surface area contributed by atoms with Gasteiger partial charge < -0.3 is 9.47 Å². The van der Waals surface area contributed by atoms with Gasteiger partial charge in [0.15, 0.2) is 28.8 Å². The van der Waals surface area contributed by atoms with Crippen LogP contribution in [0.4, 0.5) is 0 Å². The van der Waals surface area contributed by atoms with Crippen molar-refractivity contribution in [2.24, 2.45) is 0 Å². The Morgan fingerprint density at radius 3 is 2.02 bits per heavy atom. The van der Waals surface area contributed by atoms with Gasteiger partial charge in [0.25, 0.3) is 0 Å². The first-order chi connectivity index (χ1) is 27.0. The van der Waals surface area contributed by atoms with Crippen molar-refractivity contribution in [3.05, 3.63) is 181 Å². The molecule has 2 heterocycles. The fraction of sp³-hybridized carbons (Fsp3) is 0.0588. The summed E-state index contributed by atoms with van der Waals surface area (Å²) in [5, 5.41) is 4.85. The highest BCUT2D eigenvalue weighted by atomic mass is 16.6. The van der Waals surface area contributed by atoms with Crippen LogP contribution in [-0.2, 0) is 5.41 Å². The SMILES string of the molecule is CC1(C)c2ccccc2-c2c1ccc1c2Oc2ccc(-c3cccc(-c4cc(-c5ccccc5)nc(-c5ccc6c(ccc7ccccc76)c5)n4)c3)cc2O1. The predicted octanol–water partition coefficient (Wildman–Crippen LogP) is 13.7. The van der Waals surface area contributed by atoms with Gasteiger partial charge in [-0.3, -0.25) is 0 Å². The van der Waals surface area contributed by atoms with E-state index in [4.69, 9.17) is 19.4 Å². The van der Waals surface area contributed by atoms with Crippen LogP contribution in [0.2, 0.25) is 0 Å². The van der Waals surface area contributed by atoms with E-state index in [-0.39, 0.29) is 5.41 Å². The van der Waals surface area contributed by atoms with Crippen LogP contribution in [0.1, 0.15) is 25.0 Å². The summed E-state index contributed by atoms with van der Waals surface area (Å²) in [4.78, 5) is 10.3. The highest BCUT2D eigenvalue weighted by molar-refractivity contribution is 6.08. The fourth-order valence-corrected chi connectivity index (χ4v) is 8.50. The Bertz CT molecular complexity index is 3020. The summed E-state index contributed by atoms with van der Waals surface area (Å²) in [6, 6.07) is 59.4. The van der Waals surface area contributed by atoms with Gasteiger partial charge in [-0.1, -0.05) is 147 Å². The summed E-state index contributed by atoms with van der Waals surface area (Å²) in [6.07, 6.45) is 0. The van der Waals surface area contributed by atoms with Crippen molar-refractivity contribution < 1.29 is 9.47 Å². The van der Waals surface area contributed by atoms with Gasteiger partial charge in [0.05, 0.1) is 11.4 Å². The Hall–Kier alpha value is -7.04. The van der Waals surface area contributed by atoms with Gasteiger partial charge in [-0.25, -0.2) is 9.97 Å². The van der Waals surface area contributed by atoms with E-state index in [2.05, 4.69) is 153 Å². The van der Waals surface area contributed by atoms with Gasteiger partial charge >= 0.3 is 0 Å². The molecule has 0 fully saturated rings. The molecule has 4 heteroatoms. The Kier molecular flexibility index (Phi) is 6.86. The van der Waals surface area contributed by atoms with Gasteiger partial charge in [-0.2, -0.15) is 0 Å². The minimum Gasteiger partial charge on any atom is -0.449 e. The average molecular weight is 707 g/mol. The van der Waals surface area contributed by atoms with E-state index in [9.17, 15) is 0 Å². The molecule has 2 aliphatic rings. The van der Waals surface area contributed by atoms with Crippen LogP contribution in [0.5, 0.6) is 23.0 Å². The molecule has 260 valence electrons. The van der Waals surface area contributed by atoms with E-state index in [0.717, 1.165) is 61.7 Å². The smallest absolute Gasteiger partial charge is 0.178 e. The molecule has 0 unspecified atom stereocenters. The number of rotatable bonds is 4. The molecule has 1 aliphatic carbocycles. The van der Waals surface area contributed by atoms with Crippen molar-refractivity contribution in [1.82, 2.24) is 9.97 Å². The minimum absolute atomic E-state index is 0.115. The molecule has 8 aromatic carbocycles. The zero-order chi connectivity index (χ0) is 36.7. The molecule has 0 bridgehead atoms. The Labute approximate surface area is 319 Å². The van der Waals surface area contributed by atoms with Gasteiger partial charge in [-0.15, -0.1) is 0 Å². The summed E-state index contributed by atoms with van der Waals surface area (Å²) in [5.74, 6) is 3.60. The van der Waals surface area contributed by atoms with Crippen LogP contribution < -0.4 is 9.47 Å². The third-order valence-corrected chi connectivity index (χ3v) is 11.3. The maximum Gasteiger partial charge on any atom is 0.178 e. The second kappa shape index (κ2) is 12.0. The molecule has 0 saturated carbocycles. The van der Waals surface area contributed by atoms with E-state index in [1.165, 1.54) is 32.8 Å². The van der Waals surface area contributed by atoms with E-state index in [0.29, 0.717) is 17.3 Å². The number of aromatic nitrogens is 2. The maximum atomic E-state index is 6.67. The lowest BCUT2D eigenvalue weighted by Crippen LogP contribution is -2.15. The highest BCUT2D eigenvalue weighted by Gasteiger charge is 2.39. The number of hydrogen-bond acceptors (Lipinski definition) is 4. The number of ether oxygens (including phenoxy) is 2. The van der Waals surface area contributed by atoms with Crippen molar-refractivity contribution in [2.45, 2.75) is 19.3 Å². The molecule has 0 spiro atoms. The zero-order valence-corrected chi connectivity index (χ0v) is 30.4. The van der Waals surface area contributed by atoms with Crippen LogP contribution in [0.3, 0.4) is 0 Å². The van der Waals surface area contributed by atoms with Crippen molar-refractivity contribution >= 4 is 21.5 Å². The molecule has 0 atom stereocenters. The molecule has 9 aromatic rings. The molecule has 1 aliphatic heterocycles. The van der Waals surface area contributed by atoms with Crippen LogP contribution >= 0.6 is 0 Å². The summed E-state index contributed by atoms with van der Waals surface area (Å²) in [6.45, 7) is 4.55. The van der Waals surface area contributed by atoms with Gasteiger partial charge in [-0.05, 0) is 85.8 Å². The molecule has 11 rings (SSSR count). The Balaban J connectivity index is 0.969. The maximum absolute atomic E-state index is 6.67. The monoisotopic (exact) mass is 706 g/mol. The summed E-state index contributed by atoms with van der Waals surface area (Å²) >= 11 is 0. The van der Waals surface area contributed by atoms with Crippen molar-refractivity contribution in [3.63, 3.8) is 0 Å². The molecule has 0 saturated heterocycles. The lowest BCUT2D eigenvalue weighted by molar-refractivity contribution is 0.360. The predicted molar refractivity (Wildman–Crippen MR) is 223 cm³/mol. The Morgan fingerprint density at radius 2 is 1.11 bits per heavy atom. The summed E-state index contributed by atoms with van der Waals surface area (Å²) < 4.78 is 13.3. The molecule has 4 nitrogen and oxygen atoms in total. The molecular weight excluding hydrogens is 673 g/mol. The lowest BCUT2D eigenvalue weighted by atomic mass is 9.82. The van der Waals surface area contributed by atoms with Crippen LogP contribution in [0.25, 0.3) is 77.7 Å². The van der Waals surface area contributed by atoms with Gasteiger partial charge in [0, 0.05) is 27.7 Å². The topological polar surface area (TPSA) is 44.2 Å². The Morgan fingerprint density at radius 1 is 0.418 bits per heavy atom. The second-order valence-electron chi connectivity index (χ2n) is 15.0. The van der Waals surface area contributed by atoms with E-state index in [1.807, 2.05) is 30.3 Å². The van der Waals surface area contributed by atoms with E-state index in [1.54, 1.807) is 0 Å². The quantitative estimate of drug-likeness (QED) is 0.171. The highest BCUT2D eigenvalue weighted by Crippen LogP contribution is 2.58. The van der Waals surface area contributed by atoms with Gasteiger partial charge in [0.1, 0.15) is 0 Å². The lowest BCUT2D eigenvalue weighted by Gasteiger charge is -2.25. The second-order valence-corrected chi connectivity index (χ2v) is 15.0. The standard InChI is InChI=1S/C51H34N2O2/c1-51(2)41-18-9-8-17-40(41)48-42(51)24-26-46-49(48)55-45-25-22-34(29-47(45)54-46)33-14-10-15-36(27-33)44-30-43(32-12-4-3-5-13-32)52-50(53-44)37-21-23-39-35(28-37)20-19-31-11-6-7-16-38(31)39/h3-30H,1-2H3. The minimum atomic E-state index is -0.115. The molecule has 1 aromatic heterocycles. The molecular formula is C51H34N2O2. The third kappa shape index (κ3) is 5.06.